The first kappa shape index (κ1) is 22.9. The summed E-state index contributed by atoms with van der Waals surface area (Å²) in [4.78, 5) is 16.8. The van der Waals surface area contributed by atoms with Crippen LogP contribution < -0.4 is 5.32 Å². The zero-order valence-corrected chi connectivity index (χ0v) is 16.0. The molecule has 0 aliphatic carbocycles. The average molecular weight is 372 g/mol. The van der Waals surface area contributed by atoms with E-state index in [0.717, 1.165) is 45.9 Å². The molecule has 2 rings (SSSR count). The average Bonchev–Trinajstić information content (AvgIpc) is 2.47. The highest BCUT2D eigenvalue weighted by molar-refractivity contribution is 5.85. The van der Waals surface area contributed by atoms with E-state index in [2.05, 4.69) is 24.1 Å². The summed E-state index contributed by atoms with van der Waals surface area (Å²) in [5.41, 5.74) is 0. The molecule has 8 heteroatoms. The molecule has 2 saturated heterocycles. The van der Waals surface area contributed by atoms with Gasteiger partial charge in [0.05, 0.1) is 25.4 Å². The maximum absolute atomic E-state index is 12.5. The van der Waals surface area contributed by atoms with Gasteiger partial charge in [-0.25, -0.2) is 0 Å². The van der Waals surface area contributed by atoms with Crippen LogP contribution in [0.1, 0.15) is 20.8 Å². The summed E-state index contributed by atoms with van der Waals surface area (Å²) in [6.07, 6.45) is 0.246. The molecule has 2 aliphatic rings. The van der Waals surface area contributed by atoms with Crippen LogP contribution >= 0.6 is 24.8 Å². The number of carbonyl (C=O) groups is 1. The van der Waals surface area contributed by atoms with Crippen molar-refractivity contribution in [2.45, 2.75) is 39.0 Å². The van der Waals surface area contributed by atoms with Crippen molar-refractivity contribution in [3.63, 3.8) is 0 Å². The summed E-state index contributed by atoms with van der Waals surface area (Å²) in [6, 6.07) is -0.186. The van der Waals surface area contributed by atoms with E-state index in [1.165, 1.54) is 0 Å². The van der Waals surface area contributed by atoms with E-state index in [0.29, 0.717) is 6.61 Å². The second-order valence-electron chi connectivity index (χ2n) is 6.09. The number of morpholine rings is 1. The molecule has 1 amide bonds. The highest BCUT2D eigenvalue weighted by Gasteiger charge is 2.33. The molecule has 0 radical (unpaired) electrons. The molecule has 2 heterocycles. The number of hydrogen-bond acceptors (Lipinski definition) is 5. The van der Waals surface area contributed by atoms with Gasteiger partial charge in [0.25, 0.3) is 0 Å². The van der Waals surface area contributed by atoms with E-state index in [1.54, 1.807) is 0 Å². The summed E-state index contributed by atoms with van der Waals surface area (Å²) >= 11 is 0. The van der Waals surface area contributed by atoms with Crippen molar-refractivity contribution < 1.29 is 14.3 Å². The number of amides is 1. The van der Waals surface area contributed by atoms with Crippen molar-refractivity contribution in [2.75, 3.05) is 52.5 Å². The first-order valence-corrected chi connectivity index (χ1v) is 8.05. The molecule has 23 heavy (non-hydrogen) atoms. The van der Waals surface area contributed by atoms with Gasteiger partial charge in [0.15, 0.2) is 0 Å². The fourth-order valence-electron chi connectivity index (χ4n) is 2.82. The Morgan fingerprint density at radius 2 is 1.91 bits per heavy atom. The molecule has 0 unspecified atom stereocenters. The second kappa shape index (κ2) is 11.4. The monoisotopic (exact) mass is 371 g/mol. The molecular formula is C15H31Cl2N3O3. The van der Waals surface area contributed by atoms with E-state index in [4.69, 9.17) is 9.47 Å². The summed E-state index contributed by atoms with van der Waals surface area (Å²) < 4.78 is 11.1. The second-order valence-corrected chi connectivity index (χ2v) is 6.09. The van der Waals surface area contributed by atoms with Crippen LogP contribution in [0.15, 0.2) is 0 Å². The van der Waals surface area contributed by atoms with Crippen molar-refractivity contribution in [1.82, 2.24) is 15.1 Å². The first-order chi connectivity index (χ1) is 10.1. The van der Waals surface area contributed by atoms with E-state index in [9.17, 15) is 4.79 Å². The predicted octanol–water partition coefficient (Wildman–Crippen LogP) is 0.776. The molecular weight excluding hydrogens is 341 g/mol. The minimum atomic E-state index is -0.186. The molecule has 0 aromatic carbocycles. The highest BCUT2D eigenvalue weighted by atomic mass is 35.5. The molecule has 2 fully saturated rings. The van der Waals surface area contributed by atoms with Crippen LogP contribution in [-0.4, -0.2) is 86.4 Å². The van der Waals surface area contributed by atoms with Crippen LogP contribution in [0.3, 0.4) is 0 Å². The number of rotatable bonds is 5. The van der Waals surface area contributed by atoms with Gasteiger partial charge < -0.3 is 19.7 Å². The number of halogens is 2. The van der Waals surface area contributed by atoms with E-state index in [-0.39, 0.29) is 49.0 Å². The van der Waals surface area contributed by atoms with Crippen LogP contribution in [0.2, 0.25) is 0 Å². The predicted molar refractivity (Wildman–Crippen MR) is 95.8 cm³/mol. The number of nitrogens with one attached hydrogen (secondary N) is 1. The Kier molecular flexibility index (Phi) is 11.4. The van der Waals surface area contributed by atoms with Crippen LogP contribution in [0, 0.1) is 0 Å². The van der Waals surface area contributed by atoms with Gasteiger partial charge in [0.2, 0.25) is 5.91 Å². The van der Waals surface area contributed by atoms with E-state index < -0.39 is 0 Å². The van der Waals surface area contributed by atoms with Gasteiger partial charge in [0, 0.05) is 39.3 Å². The molecule has 0 aromatic heterocycles. The third-order valence-electron chi connectivity index (χ3n) is 4.13. The smallest absolute Gasteiger partial charge is 0.242 e. The van der Waals surface area contributed by atoms with Crippen LogP contribution in [0.5, 0.6) is 0 Å². The number of hydrogen-bond donors (Lipinski definition) is 1. The minimum absolute atomic E-state index is 0. The lowest BCUT2D eigenvalue weighted by molar-refractivity contribution is -0.141. The zero-order chi connectivity index (χ0) is 15.2. The van der Waals surface area contributed by atoms with Gasteiger partial charge >= 0.3 is 0 Å². The Hall–Kier alpha value is -0.110. The normalized spacial score (nSPS) is 25.7. The maximum Gasteiger partial charge on any atom is 0.242 e. The van der Waals surface area contributed by atoms with Gasteiger partial charge in [-0.2, -0.15) is 0 Å². The molecule has 0 spiro atoms. The molecule has 0 aromatic rings. The molecule has 2 atom stereocenters. The third-order valence-corrected chi connectivity index (χ3v) is 4.13. The Balaban J connectivity index is 0.00000242. The van der Waals surface area contributed by atoms with Crippen molar-refractivity contribution >= 4 is 30.7 Å². The Morgan fingerprint density at radius 3 is 2.48 bits per heavy atom. The lowest BCUT2D eigenvalue weighted by Crippen LogP contribution is -2.59. The number of piperazine rings is 1. The fraction of sp³-hybridized carbons (Fsp3) is 0.933. The van der Waals surface area contributed by atoms with Crippen LogP contribution in [-0.2, 0) is 14.3 Å². The lowest BCUT2D eigenvalue weighted by Gasteiger charge is -2.38. The van der Waals surface area contributed by atoms with Gasteiger partial charge in [0.1, 0.15) is 6.04 Å². The summed E-state index contributed by atoms with van der Waals surface area (Å²) in [7, 11) is 0. The summed E-state index contributed by atoms with van der Waals surface area (Å²) in [5, 5.41) is 3.27. The maximum atomic E-state index is 12.5. The number of nitrogens with zero attached hydrogens (tertiary/aromatic N) is 2. The van der Waals surface area contributed by atoms with Crippen molar-refractivity contribution in [1.29, 1.82) is 0 Å². The summed E-state index contributed by atoms with van der Waals surface area (Å²) in [5.74, 6) is 0.181. The number of carbonyl (C=O) groups excluding carboxylic acids is 1. The van der Waals surface area contributed by atoms with Gasteiger partial charge in [-0.1, -0.05) is 0 Å². The van der Waals surface area contributed by atoms with E-state index >= 15 is 0 Å². The number of ether oxygens (including phenoxy) is 2. The molecule has 2 aliphatic heterocycles. The first-order valence-electron chi connectivity index (χ1n) is 8.05. The molecule has 138 valence electrons. The third kappa shape index (κ3) is 7.11. The van der Waals surface area contributed by atoms with Crippen molar-refractivity contribution in [3.8, 4) is 0 Å². The Labute approximate surface area is 152 Å². The van der Waals surface area contributed by atoms with Gasteiger partial charge in [-0.3, -0.25) is 9.69 Å². The molecule has 6 nitrogen and oxygen atoms in total. The van der Waals surface area contributed by atoms with E-state index in [1.807, 2.05) is 11.8 Å². The SMILES string of the molecule is CC(C)OCCN1CCN(C(=O)[C@H]2NCCO[C@@H]2C)CC1.Cl.Cl. The standard InChI is InChI=1S/C15H29N3O3.2ClH/c1-12(2)20-11-9-17-5-7-18(8-6-17)15(19)14-13(3)21-10-4-16-14;;/h12-14,16H,4-11H2,1-3H3;2*1H/t13-,14+;;/m1../s1. The van der Waals surface area contributed by atoms with Crippen LogP contribution in [0.4, 0.5) is 0 Å². The largest absolute Gasteiger partial charge is 0.377 e. The zero-order valence-electron chi connectivity index (χ0n) is 14.3. The quantitative estimate of drug-likeness (QED) is 0.773. The Bertz CT molecular complexity index is 340. The molecule has 1 N–H and O–H groups in total. The Morgan fingerprint density at radius 1 is 1.26 bits per heavy atom. The van der Waals surface area contributed by atoms with Crippen molar-refractivity contribution in [2.24, 2.45) is 0 Å². The summed E-state index contributed by atoms with van der Waals surface area (Å²) in [6.45, 7) is 12.7. The highest BCUT2D eigenvalue weighted by Crippen LogP contribution is 2.10. The van der Waals surface area contributed by atoms with Gasteiger partial charge in [-0.05, 0) is 20.8 Å². The molecule has 0 saturated carbocycles. The fourth-order valence-corrected chi connectivity index (χ4v) is 2.82. The van der Waals surface area contributed by atoms with Crippen LogP contribution in [0.25, 0.3) is 0 Å². The topological polar surface area (TPSA) is 54.0 Å². The molecule has 0 bridgehead atoms. The lowest BCUT2D eigenvalue weighted by atomic mass is 10.1. The van der Waals surface area contributed by atoms with Crippen molar-refractivity contribution in [3.05, 3.63) is 0 Å². The van der Waals surface area contributed by atoms with Gasteiger partial charge in [-0.15, -0.1) is 24.8 Å². The minimum Gasteiger partial charge on any atom is -0.377 e.